The minimum atomic E-state index is 0.145. The van der Waals surface area contributed by atoms with Gasteiger partial charge < -0.3 is 5.73 Å². The molecule has 0 radical (unpaired) electrons. The van der Waals surface area contributed by atoms with E-state index in [0.717, 1.165) is 21.8 Å². The highest BCUT2D eigenvalue weighted by Crippen LogP contribution is 2.32. The van der Waals surface area contributed by atoms with E-state index in [1.807, 2.05) is 12.1 Å². The molecule has 1 aliphatic rings. The van der Waals surface area contributed by atoms with Gasteiger partial charge in [-0.15, -0.1) is 0 Å². The molecule has 1 unspecified atom stereocenters. The number of halogens is 2. The summed E-state index contributed by atoms with van der Waals surface area (Å²) in [5.41, 5.74) is 7.47. The van der Waals surface area contributed by atoms with E-state index in [2.05, 4.69) is 22.0 Å². The summed E-state index contributed by atoms with van der Waals surface area (Å²) in [7, 11) is 0. The Hall–Kier alpha value is -0.0500. The molecule has 0 heterocycles. The average molecular weight is 317 g/mol. The second-order valence-electron chi connectivity index (χ2n) is 5.02. The zero-order chi connectivity index (χ0) is 12.3. The van der Waals surface area contributed by atoms with Gasteiger partial charge in [-0.05, 0) is 46.0 Å². The van der Waals surface area contributed by atoms with Gasteiger partial charge in [0.15, 0.2) is 0 Å². The number of benzene rings is 1. The molecule has 17 heavy (non-hydrogen) atoms. The van der Waals surface area contributed by atoms with Gasteiger partial charge in [0.2, 0.25) is 0 Å². The summed E-state index contributed by atoms with van der Waals surface area (Å²) in [5, 5.41) is 0.749. The molecule has 1 fully saturated rings. The molecule has 1 nitrogen and oxygen atoms in total. The van der Waals surface area contributed by atoms with Crippen molar-refractivity contribution in [3.05, 3.63) is 33.3 Å². The molecule has 0 aromatic heterocycles. The molecule has 94 valence electrons. The molecule has 2 rings (SSSR count). The minimum absolute atomic E-state index is 0.145. The van der Waals surface area contributed by atoms with E-state index in [-0.39, 0.29) is 6.04 Å². The van der Waals surface area contributed by atoms with Crippen LogP contribution in [0.2, 0.25) is 5.02 Å². The molecule has 1 aromatic carbocycles. The first-order valence-electron chi connectivity index (χ1n) is 6.37. The van der Waals surface area contributed by atoms with Crippen molar-refractivity contribution >= 4 is 27.5 Å². The van der Waals surface area contributed by atoms with Gasteiger partial charge in [-0.3, -0.25) is 0 Å². The van der Waals surface area contributed by atoms with Crippen molar-refractivity contribution in [2.24, 2.45) is 11.7 Å². The molecule has 0 aliphatic heterocycles. The first-order chi connectivity index (χ1) is 8.16. The Labute approximate surface area is 117 Å². The first-order valence-corrected chi connectivity index (χ1v) is 7.54. The van der Waals surface area contributed by atoms with Gasteiger partial charge in [0.1, 0.15) is 0 Å². The fourth-order valence-corrected chi connectivity index (χ4v) is 3.18. The van der Waals surface area contributed by atoms with E-state index in [1.165, 1.54) is 37.7 Å². The average Bonchev–Trinajstić information content (AvgIpc) is 2.34. The van der Waals surface area contributed by atoms with Crippen molar-refractivity contribution < 1.29 is 0 Å². The zero-order valence-electron chi connectivity index (χ0n) is 9.96. The Balaban J connectivity index is 1.98. The lowest BCUT2D eigenvalue weighted by molar-refractivity contribution is 0.319. The van der Waals surface area contributed by atoms with Gasteiger partial charge >= 0.3 is 0 Å². The van der Waals surface area contributed by atoms with E-state index in [1.54, 1.807) is 0 Å². The van der Waals surface area contributed by atoms with Gasteiger partial charge in [0.25, 0.3) is 0 Å². The lowest BCUT2D eigenvalue weighted by atomic mass is 9.83. The number of rotatable bonds is 3. The molecule has 3 heteroatoms. The van der Waals surface area contributed by atoms with Gasteiger partial charge in [0.05, 0.1) is 5.02 Å². The molecule has 1 saturated carbocycles. The summed E-state index contributed by atoms with van der Waals surface area (Å²) >= 11 is 9.44. The summed E-state index contributed by atoms with van der Waals surface area (Å²) in [6, 6.07) is 6.16. The Kier molecular flexibility index (Phi) is 4.89. The van der Waals surface area contributed by atoms with Crippen LogP contribution in [0.5, 0.6) is 0 Å². The molecule has 2 N–H and O–H groups in total. The number of nitrogens with two attached hydrogens (primary N) is 1. The van der Waals surface area contributed by atoms with Crippen molar-refractivity contribution in [2.45, 2.75) is 44.6 Å². The second kappa shape index (κ2) is 6.21. The van der Waals surface area contributed by atoms with Crippen LogP contribution in [0.25, 0.3) is 0 Å². The first kappa shape index (κ1) is 13.4. The number of hydrogen-bond acceptors (Lipinski definition) is 1. The van der Waals surface area contributed by atoms with Crippen LogP contribution in [0, 0.1) is 5.92 Å². The van der Waals surface area contributed by atoms with Crippen LogP contribution < -0.4 is 5.73 Å². The maximum atomic E-state index is 6.28. The minimum Gasteiger partial charge on any atom is -0.324 e. The van der Waals surface area contributed by atoms with Crippen LogP contribution in [0.3, 0.4) is 0 Å². The Bertz CT molecular complexity index is 374. The molecule has 0 bridgehead atoms. The fourth-order valence-electron chi connectivity index (χ4n) is 2.66. The van der Waals surface area contributed by atoms with Gasteiger partial charge in [-0.2, -0.15) is 0 Å². The summed E-state index contributed by atoms with van der Waals surface area (Å²) in [6.07, 6.45) is 7.96. The summed E-state index contributed by atoms with van der Waals surface area (Å²) in [5.74, 6) is 0.813. The Morgan fingerprint density at radius 3 is 2.65 bits per heavy atom. The van der Waals surface area contributed by atoms with Crippen molar-refractivity contribution in [3.63, 3.8) is 0 Å². The largest absolute Gasteiger partial charge is 0.324 e. The topological polar surface area (TPSA) is 26.0 Å². The van der Waals surface area contributed by atoms with E-state index in [4.69, 9.17) is 17.3 Å². The molecule has 1 atom stereocenters. The normalized spacial score (nSPS) is 19.2. The molecule has 0 amide bonds. The highest BCUT2D eigenvalue weighted by Gasteiger charge is 2.18. The van der Waals surface area contributed by atoms with Crippen LogP contribution in [0.15, 0.2) is 22.7 Å². The summed E-state index contributed by atoms with van der Waals surface area (Å²) in [4.78, 5) is 0. The van der Waals surface area contributed by atoms with Crippen LogP contribution in [0.4, 0.5) is 0 Å². The van der Waals surface area contributed by atoms with E-state index < -0.39 is 0 Å². The molecule has 0 spiro atoms. The molecule has 0 saturated heterocycles. The lowest BCUT2D eigenvalue weighted by Crippen LogP contribution is -2.17. The van der Waals surface area contributed by atoms with Gasteiger partial charge in [-0.25, -0.2) is 0 Å². The molecular formula is C14H19BrClN. The third-order valence-electron chi connectivity index (χ3n) is 3.68. The second-order valence-corrected chi connectivity index (χ2v) is 6.28. The van der Waals surface area contributed by atoms with Gasteiger partial charge in [-0.1, -0.05) is 49.8 Å². The zero-order valence-corrected chi connectivity index (χ0v) is 12.3. The molecular weight excluding hydrogens is 298 g/mol. The molecule has 1 aromatic rings. The van der Waals surface area contributed by atoms with Crippen LogP contribution >= 0.6 is 27.5 Å². The smallest absolute Gasteiger partial charge is 0.0548 e. The highest BCUT2D eigenvalue weighted by molar-refractivity contribution is 9.10. The highest BCUT2D eigenvalue weighted by atomic mass is 79.9. The third-order valence-corrected chi connectivity index (χ3v) is 4.90. The third kappa shape index (κ3) is 3.70. The lowest BCUT2D eigenvalue weighted by Gasteiger charge is -2.24. The van der Waals surface area contributed by atoms with E-state index in [9.17, 15) is 0 Å². The standard InChI is InChI=1S/C14H19BrClN/c15-12-9-11(6-7-13(12)16)14(17)8-10-4-2-1-3-5-10/h6-7,9-10,14H,1-5,8,17H2. The van der Waals surface area contributed by atoms with Crippen molar-refractivity contribution in [3.8, 4) is 0 Å². The SMILES string of the molecule is NC(CC1CCCCC1)c1ccc(Cl)c(Br)c1. The fraction of sp³-hybridized carbons (Fsp3) is 0.571. The van der Waals surface area contributed by atoms with Crippen molar-refractivity contribution in [1.82, 2.24) is 0 Å². The predicted octanol–water partition coefficient (Wildman–Crippen LogP) is 5.07. The summed E-state index contributed by atoms with van der Waals surface area (Å²) in [6.45, 7) is 0. The van der Waals surface area contributed by atoms with Gasteiger partial charge in [0, 0.05) is 10.5 Å². The van der Waals surface area contributed by atoms with Crippen molar-refractivity contribution in [2.75, 3.05) is 0 Å². The number of hydrogen-bond donors (Lipinski definition) is 1. The Morgan fingerprint density at radius 1 is 1.29 bits per heavy atom. The van der Waals surface area contributed by atoms with Crippen LogP contribution in [0.1, 0.15) is 50.1 Å². The van der Waals surface area contributed by atoms with Crippen molar-refractivity contribution in [1.29, 1.82) is 0 Å². The van der Waals surface area contributed by atoms with Crippen LogP contribution in [-0.4, -0.2) is 0 Å². The quantitative estimate of drug-likeness (QED) is 0.827. The predicted molar refractivity (Wildman–Crippen MR) is 77.3 cm³/mol. The monoisotopic (exact) mass is 315 g/mol. The van der Waals surface area contributed by atoms with E-state index in [0.29, 0.717) is 0 Å². The maximum Gasteiger partial charge on any atom is 0.0548 e. The summed E-state index contributed by atoms with van der Waals surface area (Å²) < 4.78 is 0.941. The molecule has 1 aliphatic carbocycles. The van der Waals surface area contributed by atoms with E-state index >= 15 is 0 Å². The maximum absolute atomic E-state index is 6.28. The Morgan fingerprint density at radius 2 is 2.00 bits per heavy atom. The van der Waals surface area contributed by atoms with Crippen LogP contribution in [-0.2, 0) is 0 Å².